The summed E-state index contributed by atoms with van der Waals surface area (Å²) in [5.74, 6) is 0.595. The maximum absolute atomic E-state index is 12.6. The molecule has 0 radical (unpaired) electrons. The van der Waals surface area contributed by atoms with Crippen molar-refractivity contribution in [3.8, 4) is 0 Å². The summed E-state index contributed by atoms with van der Waals surface area (Å²) in [7, 11) is 4.20. The standard InChI is InChI=1S/C18H21N7O/c1-23(2)14-7-9-24(12-14)17-6-5-16-20-11-15(25(16)22-17)18(26)21-13-4-3-8-19-10-13/h3-6,8,10-11,14H,7,9,12H2,1-2H3,(H,21,26)/t14-/m0/s1. The van der Waals surface area contributed by atoms with Crippen LogP contribution in [-0.2, 0) is 0 Å². The molecule has 1 aliphatic heterocycles. The molecule has 0 aliphatic carbocycles. The number of fused-ring (bicyclic) bond motifs is 1. The van der Waals surface area contributed by atoms with Crippen LogP contribution in [0, 0.1) is 0 Å². The van der Waals surface area contributed by atoms with E-state index in [-0.39, 0.29) is 5.91 Å². The Hall–Kier alpha value is -3.00. The van der Waals surface area contributed by atoms with E-state index >= 15 is 0 Å². The number of carbonyl (C=O) groups is 1. The molecule has 0 saturated carbocycles. The molecule has 3 aromatic heterocycles. The van der Waals surface area contributed by atoms with E-state index in [1.165, 1.54) is 0 Å². The monoisotopic (exact) mass is 351 g/mol. The summed E-state index contributed by atoms with van der Waals surface area (Å²) in [4.78, 5) is 25.4. The average molecular weight is 351 g/mol. The number of hydrogen-bond donors (Lipinski definition) is 1. The maximum Gasteiger partial charge on any atom is 0.276 e. The lowest BCUT2D eigenvalue weighted by atomic mass is 10.2. The van der Waals surface area contributed by atoms with Crippen molar-refractivity contribution in [1.82, 2.24) is 24.5 Å². The van der Waals surface area contributed by atoms with Gasteiger partial charge < -0.3 is 15.1 Å². The van der Waals surface area contributed by atoms with Gasteiger partial charge >= 0.3 is 0 Å². The molecule has 0 aromatic carbocycles. The van der Waals surface area contributed by atoms with Crippen molar-refractivity contribution in [2.75, 3.05) is 37.4 Å². The van der Waals surface area contributed by atoms with E-state index in [0.717, 1.165) is 25.3 Å². The Morgan fingerprint density at radius 1 is 1.27 bits per heavy atom. The lowest BCUT2D eigenvalue weighted by molar-refractivity contribution is 0.102. The summed E-state index contributed by atoms with van der Waals surface area (Å²) in [6.07, 6.45) is 5.91. The maximum atomic E-state index is 12.6. The minimum absolute atomic E-state index is 0.261. The molecule has 134 valence electrons. The molecular weight excluding hydrogens is 330 g/mol. The Morgan fingerprint density at radius 3 is 2.88 bits per heavy atom. The van der Waals surface area contributed by atoms with Crippen molar-refractivity contribution in [2.24, 2.45) is 0 Å². The number of anilines is 2. The van der Waals surface area contributed by atoms with Crippen molar-refractivity contribution >= 4 is 23.1 Å². The van der Waals surface area contributed by atoms with Crippen LogP contribution in [0.1, 0.15) is 16.9 Å². The SMILES string of the molecule is CN(C)[C@H]1CCN(c2ccc3ncc(C(=O)Nc4cccnc4)n3n2)C1. The fourth-order valence-corrected chi connectivity index (χ4v) is 3.19. The first-order valence-corrected chi connectivity index (χ1v) is 8.59. The molecule has 8 heteroatoms. The van der Waals surface area contributed by atoms with Crippen molar-refractivity contribution in [3.05, 3.63) is 48.5 Å². The van der Waals surface area contributed by atoms with E-state index in [2.05, 4.69) is 44.3 Å². The van der Waals surface area contributed by atoms with Gasteiger partial charge in [-0.25, -0.2) is 9.50 Å². The van der Waals surface area contributed by atoms with E-state index in [4.69, 9.17) is 0 Å². The first-order chi connectivity index (χ1) is 12.6. The third-order valence-electron chi connectivity index (χ3n) is 4.72. The summed E-state index contributed by atoms with van der Waals surface area (Å²) in [5.41, 5.74) is 1.68. The van der Waals surface area contributed by atoms with Crippen LogP contribution < -0.4 is 10.2 Å². The van der Waals surface area contributed by atoms with Gasteiger partial charge in [0.15, 0.2) is 11.3 Å². The smallest absolute Gasteiger partial charge is 0.276 e. The number of nitrogens with zero attached hydrogens (tertiary/aromatic N) is 6. The van der Waals surface area contributed by atoms with Crippen molar-refractivity contribution in [1.29, 1.82) is 0 Å². The molecule has 0 bridgehead atoms. The Kier molecular flexibility index (Phi) is 4.26. The van der Waals surface area contributed by atoms with Gasteiger partial charge in [-0.15, -0.1) is 5.10 Å². The molecule has 8 nitrogen and oxygen atoms in total. The quantitative estimate of drug-likeness (QED) is 0.768. The molecule has 1 fully saturated rings. The Balaban J connectivity index is 1.60. The largest absolute Gasteiger partial charge is 0.354 e. The molecular formula is C18H21N7O. The molecule has 1 amide bonds. The van der Waals surface area contributed by atoms with E-state index < -0.39 is 0 Å². The van der Waals surface area contributed by atoms with Gasteiger partial charge in [0.1, 0.15) is 5.82 Å². The molecule has 3 aromatic rings. The number of carbonyl (C=O) groups excluding carboxylic acids is 1. The van der Waals surface area contributed by atoms with E-state index in [1.807, 2.05) is 12.1 Å². The number of likely N-dealkylation sites (N-methyl/N-ethyl adjacent to an activating group) is 1. The highest BCUT2D eigenvalue weighted by atomic mass is 16.2. The van der Waals surface area contributed by atoms with Gasteiger partial charge in [-0.2, -0.15) is 0 Å². The molecule has 1 N–H and O–H groups in total. The van der Waals surface area contributed by atoms with Crippen LogP contribution in [-0.4, -0.2) is 63.6 Å². The summed E-state index contributed by atoms with van der Waals surface area (Å²) in [6, 6.07) is 7.94. The highest BCUT2D eigenvalue weighted by Crippen LogP contribution is 2.21. The van der Waals surface area contributed by atoms with Crippen LogP contribution in [0.2, 0.25) is 0 Å². The number of nitrogens with one attached hydrogen (secondary N) is 1. The topological polar surface area (TPSA) is 78.7 Å². The van der Waals surface area contributed by atoms with Gasteiger partial charge in [0, 0.05) is 25.3 Å². The second-order valence-electron chi connectivity index (χ2n) is 6.65. The molecule has 4 heterocycles. The van der Waals surface area contributed by atoms with Crippen molar-refractivity contribution < 1.29 is 4.79 Å². The Morgan fingerprint density at radius 2 is 2.15 bits per heavy atom. The first-order valence-electron chi connectivity index (χ1n) is 8.59. The minimum Gasteiger partial charge on any atom is -0.354 e. The highest BCUT2D eigenvalue weighted by molar-refractivity contribution is 6.03. The number of amides is 1. The number of pyridine rings is 1. The number of rotatable bonds is 4. The van der Waals surface area contributed by atoms with Gasteiger partial charge in [0.2, 0.25) is 0 Å². The van der Waals surface area contributed by atoms with Gasteiger partial charge in [-0.1, -0.05) is 0 Å². The van der Waals surface area contributed by atoms with Gasteiger partial charge in [-0.3, -0.25) is 9.78 Å². The average Bonchev–Trinajstić information content (AvgIpc) is 3.29. The zero-order valence-electron chi connectivity index (χ0n) is 14.8. The second-order valence-corrected chi connectivity index (χ2v) is 6.65. The molecule has 26 heavy (non-hydrogen) atoms. The van der Waals surface area contributed by atoms with Crippen LogP contribution in [0.5, 0.6) is 0 Å². The molecule has 1 atom stereocenters. The third-order valence-corrected chi connectivity index (χ3v) is 4.72. The van der Waals surface area contributed by atoms with Gasteiger partial charge in [-0.05, 0) is 44.8 Å². The summed E-state index contributed by atoms with van der Waals surface area (Å²) in [6.45, 7) is 1.88. The third kappa shape index (κ3) is 3.11. The summed E-state index contributed by atoms with van der Waals surface area (Å²) < 4.78 is 1.60. The Labute approximate surface area is 151 Å². The number of hydrogen-bond acceptors (Lipinski definition) is 6. The molecule has 0 spiro atoms. The van der Waals surface area contributed by atoms with Crippen LogP contribution in [0.4, 0.5) is 11.5 Å². The normalized spacial score (nSPS) is 17.2. The first kappa shape index (κ1) is 16.5. The molecule has 0 unspecified atom stereocenters. The lowest BCUT2D eigenvalue weighted by Gasteiger charge is -2.21. The Bertz CT molecular complexity index is 922. The lowest BCUT2D eigenvalue weighted by Crippen LogP contribution is -2.31. The molecule has 4 rings (SSSR count). The van der Waals surface area contributed by atoms with Crippen molar-refractivity contribution in [3.63, 3.8) is 0 Å². The molecule has 1 aliphatic rings. The van der Waals surface area contributed by atoms with Gasteiger partial charge in [0.05, 0.1) is 18.1 Å². The van der Waals surface area contributed by atoms with Crippen LogP contribution >= 0.6 is 0 Å². The second kappa shape index (κ2) is 6.72. The van der Waals surface area contributed by atoms with Crippen LogP contribution in [0.15, 0.2) is 42.9 Å². The minimum atomic E-state index is -0.261. The highest BCUT2D eigenvalue weighted by Gasteiger charge is 2.25. The predicted octanol–water partition coefficient (Wildman–Crippen LogP) is 1.52. The number of imidazole rings is 1. The van der Waals surface area contributed by atoms with E-state index in [0.29, 0.717) is 23.1 Å². The summed E-state index contributed by atoms with van der Waals surface area (Å²) >= 11 is 0. The van der Waals surface area contributed by atoms with Crippen LogP contribution in [0.25, 0.3) is 5.65 Å². The fourth-order valence-electron chi connectivity index (χ4n) is 3.19. The zero-order valence-corrected chi connectivity index (χ0v) is 14.8. The van der Waals surface area contributed by atoms with E-state index in [1.54, 1.807) is 35.2 Å². The number of aromatic nitrogens is 4. The van der Waals surface area contributed by atoms with Gasteiger partial charge in [0.25, 0.3) is 5.91 Å². The fraction of sp³-hybridized carbons (Fsp3) is 0.333. The molecule has 1 saturated heterocycles. The van der Waals surface area contributed by atoms with Crippen molar-refractivity contribution in [2.45, 2.75) is 12.5 Å². The van der Waals surface area contributed by atoms with E-state index in [9.17, 15) is 4.79 Å². The summed E-state index contributed by atoms with van der Waals surface area (Å²) in [5, 5.41) is 7.48. The predicted molar refractivity (Wildman–Crippen MR) is 99.5 cm³/mol. The van der Waals surface area contributed by atoms with Crippen LogP contribution in [0.3, 0.4) is 0 Å². The zero-order chi connectivity index (χ0) is 18.1.